The van der Waals surface area contributed by atoms with Crippen molar-refractivity contribution >= 4 is 5.91 Å². The largest absolute Gasteiger partial charge is 0.486 e. The number of rotatable bonds is 6. The van der Waals surface area contributed by atoms with Crippen molar-refractivity contribution in [2.45, 2.75) is 20.1 Å². The summed E-state index contributed by atoms with van der Waals surface area (Å²) in [6, 6.07) is 9.35. The summed E-state index contributed by atoms with van der Waals surface area (Å²) in [6.07, 6.45) is 0. The van der Waals surface area contributed by atoms with Crippen LogP contribution in [0.5, 0.6) is 5.75 Å². The Morgan fingerprint density at radius 1 is 1.33 bits per heavy atom. The highest BCUT2D eigenvalue weighted by molar-refractivity contribution is 5.92. The highest BCUT2D eigenvalue weighted by atomic mass is 16.5. The van der Waals surface area contributed by atoms with Crippen LogP contribution < -0.4 is 16.0 Å². The Morgan fingerprint density at radius 3 is 2.86 bits per heavy atom. The Bertz CT molecular complexity index is 622. The molecule has 0 fully saturated rings. The maximum absolute atomic E-state index is 11.5. The number of nitrogens with two attached hydrogens (primary N) is 1. The van der Waals surface area contributed by atoms with Gasteiger partial charge in [0.1, 0.15) is 18.1 Å². The molecule has 0 aliphatic carbocycles. The van der Waals surface area contributed by atoms with Crippen LogP contribution in [0.4, 0.5) is 0 Å². The van der Waals surface area contributed by atoms with Crippen LogP contribution in [0.25, 0.3) is 0 Å². The Hall–Kier alpha value is -2.31. The van der Waals surface area contributed by atoms with Crippen molar-refractivity contribution in [3.05, 3.63) is 53.0 Å². The number of ether oxygens (including phenoxy) is 2. The van der Waals surface area contributed by atoms with Gasteiger partial charge >= 0.3 is 5.91 Å². The molecule has 0 saturated heterocycles. The quantitative estimate of drug-likeness (QED) is 0.482. The van der Waals surface area contributed by atoms with E-state index in [0.29, 0.717) is 23.7 Å². The van der Waals surface area contributed by atoms with Crippen molar-refractivity contribution in [2.75, 3.05) is 7.11 Å². The van der Waals surface area contributed by atoms with E-state index in [1.165, 1.54) is 0 Å². The minimum atomic E-state index is -0.458. The van der Waals surface area contributed by atoms with E-state index in [-0.39, 0.29) is 12.4 Å². The number of aryl methyl sites for hydroxylation is 1. The molecular formula is C15H18N2O4. The Labute approximate surface area is 122 Å². The molecule has 1 amide bonds. The van der Waals surface area contributed by atoms with Crippen LogP contribution in [0.2, 0.25) is 0 Å². The fraction of sp³-hybridized carbons (Fsp3) is 0.267. The molecule has 0 atom stereocenters. The average molecular weight is 290 g/mol. The van der Waals surface area contributed by atoms with Crippen molar-refractivity contribution < 1.29 is 18.7 Å². The maximum atomic E-state index is 11.5. The molecule has 2 rings (SSSR count). The molecule has 3 N–H and O–H groups in total. The number of carbonyl (C=O) groups excluding carboxylic acids is 1. The summed E-state index contributed by atoms with van der Waals surface area (Å²) in [4.78, 5) is 11.5. The van der Waals surface area contributed by atoms with Crippen LogP contribution >= 0.6 is 0 Å². The number of nitrogen functional groups attached to an aromatic ring is 1. The second kappa shape index (κ2) is 6.92. The number of benzene rings is 1. The van der Waals surface area contributed by atoms with Crippen molar-refractivity contribution in [1.29, 1.82) is 0 Å². The second-order valence-corrected chi connectivity index (χ2v) is 4.57. The minimum Gasteiger partial charge on any atom is -0.486 e. The van der Waals surface area contributed by atoms with Crippen LogP contribution in [-0.4, -0.2) is 13.0 Å². The molecule has 0 unspecified atom stereocenters. The number of hydrogen-bond acceptors (Lipinski definition) is 5. The lowest BCUT2D eigenvalue weighted by molar-refractivity contribution is 0.0921. The first-order valence-corrected chi connectivity index (χ1v) is 6.45. The van der Waals surface area contributed by atoms with E-state index >= 15 is 0 Å². The number of carbonyl (C=O) groups is 1. The highest BCUT2D eigenvalue weighted by Crippen LogP contribution is 2.19. The van der Waals surface area contributed by atoms with E-state index in [0.717, 1.165) is 5.56 Å². The van der Waals surface area contributed by atoms with Gasteiger partial charge < -0.3 is 13.9 Å². The summed E-state index contributed by atoms with van der Waals surface area (Å²) in [5.41, 5.74) is 3.78. The first-order chi connectivity index (χ1) is 10.1. The number of hydrogen-bond donors (Lipinski definition) is 2. The summed E-state index contributed by atoms with van der Waals surface area (Å²) < 4.78 is 16.1. The lowest BCUT2D eigenvalue weighted by atomic mass is 10.2. The molecule has 1 heterocycles. The predicted octanol–water partition coefficient (Wildman–Crippen LogP) is 1.92. The fourth-order valence-corrected chi connectivity index (χ4v) is 1.96. The van der Waals surface area contributed by atoms with E-state index in [1.54, 1.807) is 20.1 Å². The van der Waals surface area contributed by atoms with E-state index in [4.69, 9.17) is 19.7 Å². The van der Waals surface area contributed by atoms with E-state index in [9.17, 15) is 4.79 Å². The summed E-state index contributed by atoms with van der Waals surface area (Å²) in [5, 5.41) is 0. The van der Waals surface area contributed by atoms with Gasteiger partial charge in [-0.3, -0.25) is 10.2 Å². The lowest BCUT2D eigenvalue weighted by Gasteiger charge is -2.06. The summed E-state index contributed by atoms with van der Waals surface area (Å²) in [7, 11) is 1.64. The van der Waals surface area contributed by atoms with Gasteiger partial charge in [0.25, 0.3) is 0 Å². The van der Waals surface area contributed by atoms with Gasteiger partial charge in [-0.15, -0.1) is 0 Å². The standard InChI is InChI=1S/C15H18N2O4/c1-10-6-13(21-14(10)15(18)17-16)9-20-12-5-3-4-11(7-12)8-19-2/h3-7H,8-9,16H2,1-2H3,(H,17,18). The third-order valence-corrected chi connectivity index (χ3v) is 2.90. The van der Waals surface area contributed by atoms with Gasteiger partial charge in [-0.05, 0) is 30.7 Å². The molecule has 1 aromatic carbocycles. The van der Waals surface area contributed by atoms with Gasteiger partial charge in [-0.2, -0.15) is 0 Å². The smallest absolute Gasteiger partial charge is 0.301 e. The van der Waals surface area contributed by atoms with Crippen molar-refractivity contribution in [1.82, 2.24) is 5.43 Å². The zero-order chi connectivity index (χ0) is 15.2. The van der Waals surface area contributed by atoms with Crippen LogP contribution in [-0.2, 0) is 18.0 Å². The topological polar surface area (TPSA) is 86.7 Å². The van der Waals surface area contributed by atoms with Gasteiger partial charge in [0.15, 0.2) is 5.76 Å². The molecule has 1 aromatic heterocycles. The van der Waals surface area contributed by atoms with Crippen molar-refractivity contribution in [2.24, 2.45) is 5.84 Å². The number of furan rings is 1. The third-order valence-electron chi connectivity index (χ3n) is 2.90. The molecule has 0 spiro atoms. The molecule has 0 bridgehead atoms. The Kier molecular flexibility index (Phi) is 4.97. The van der Waals surface area contributed by atoms with Crippen molar-refractivity contribution in [3.8, 4) is 5.75 Å². The Balaban J connectivity index is 2.03. The van der Waals surface area contributed by atoms with Gasteiger partial charge in [-0.1, -0.05) is 12.1 Å². The van der Waals surface area contributed by atoms with Crippen LogP contribution in [0, 0.1) is 6.92 Å². The monoisotopic (exact) mass is 290 g/mol. The fourth-order valence-electron chi connectivity index (χ4n) is 1.96. The van der Waals surface area contributed by atoms with Gasteiger partial charge in [-0.25, -0.2) is 5.84 Å². The van der Waals surface area contributed by atoms with E-state index in [1.807, 2.05) is 29.7 Å². The third kappa shape index (κ3) is 3.84. The number of amides is 1. The van der Waals surface area contributed by atoms with Gasteiger partial charge in [0, 0.05) is 12.7 Å². The lowest BCUT2D eigenvalue weighted by Crippen LogP contribution is -2.30. The van der Waals surface area contributed by atoms with Crippen LogP contribution in [0.1, 0.15) is 27.4 Å². The molecular weight excluding hydrogens is 272 g/mol. The zero-order valence-electron chi connectivity index (χ0n) is 12.0. The zero-order valence-corrected chi connectivity index (χ0v) is 12.0. The molecule has 0 saturated carbocycles. The number of nitrogens with one attached hydrogen (secondary N) is 1. The summed E-state index contributed by atoms with van der Waals surface area (Å²) >= 11 is 0. The summed E-state index contributed by atoms with van der Waals surface area (Å²) in [6.45, 7) is 2.53. The summed E-state index contributed by atoms with van der Waals surface area (Å²) in [5.74, 6) is 6.10. The first-order valence-electron chi connectivity index (χ1n) is 6.45. The SMILES string of the molecule is COCc1cccc(OCc2cc(C)c(C(=O)NN)o2)c1. The maximum Gasteiger partial charge on any atom is 0.301 e. The molecule has 0 radical (unpaired) electrons. The highest BCUT2D eigenvalue weighted by Gasteiger charge is 2.14. The predicted molar refractivity (Wildman–Crippen MR) is 76.6 cm³/mol. The molecule has 112 valence electrons. The van der Waals surface area contributed by atoms with Gasteiger partial charge in [0.2, 0.25) is 0 Å². The molecule has 6 heteroatoms. The Morgan fingerprint density at radius 2 is 2.14 bits per heavy atom. The molecule has 0 aliphatic rings. The van der Waals surface area contributed by atoms with E-state index < -0.39 is 5.91 Å². The van der Waals surface area contributed by atoms with Crippen molar-refractivity contribution in [3.63, 3.8) is 0 Å². The number of methoxy groups -OCH3 is 1. The van der Waals surface area contributed by atoms with Gasteiger partial charge in [0.05, 0.1) is 6.61 Å². The second-order valence-electron chi connectivity index (χ2n) is 4.57. The average Bonchev–Trinajstić information content (AvgIpc) is 2.86. The molecule has 6 nitrogen and oxygen atoms in total. The normalized spacial score (nSPS) is 10.4. The number of hydrazine groups is 1. The molecule has 21 heavy (non-hydrogen) atoms. The molecule has 2 aromatic rings. The van der Waals surface area contributed by atoms with Crippen LogP contribution in [0.3, 0.4) is 0 Å². The minimum absolute atomic E-state index is 0.198. The van der Waals surface area contributed by atoms with E-state index in [2.05, 4.69) is 0 Å². The molecule has 0 aliphatic heterocycles. The van der Waals surface area contributed by atoms with Crippen LogP contribution in [0.15, 0.2) is 34.7 Å². The first kappa shape index (κ1) is 15.1.